The van der Waals surface area contributed by atoms with E-state index in [4.69, 9.17) is 16.3 Å². The Morgan fingerprint density at radius 3 is 2.85 bits per heavy atom. The third kappa shape index (κ3) is 4.13. The molecule has 140 valence electrons. The van der Waals surface area contributed by atoms with Gasteiger partial charge >= 0.3 is 0 Å². The number of imidazole rings is 1. The molecule has 6 nitrogen and oxygen atoms in total. The molecule has 3 aromatic rings. The number of carbonyl (C=O) groups is 1. The Morgan fingerprint density at radius 2 is 2.04 bits per heavy atom. The van der Waals surface area contributed by atoms with Crippen LogP contribution < -0.4 is 5.32 Å². The molecule has 2 heterocycles. The number of nitrogens with one attached hydrogen (secondary N) is 1. The highest BCUT2D eigenvalue weighted by atomic mass is 35.5. The number of aromatic nitrogens is 2. The minimum Gasteiger partial charge on any atom is -0.379 e. The van der Waals surface area contributed by atoms with Crippen molar-refractivity contribution in [2.45, 2.75) is 0 Å². The van der Waals surface area contributed by atoms with Crippen molar-refractivity contribution < 1.29 is 9.53 Å². The molecule has 4 rings (SSSR count). The van der Waals surface area contributed by atoms with Gasteiger partial charge in [-0.1, -0.05) is 17.7 Å². The Hall–Kier alpha value is -2.41. The van der Waals surface area contributed by atoms with Crippen molar-refractivity contribution in [2.75, 3.05) is 39.4 Å². The van der Waals surface area contributed by atoms with Gasteiger partial charge in [-0.2, -0.15) is 0 Å². The molecule has 27 heavy (non-hydrogen) atoms. The van der Waals surface area contributed by atoms with Crippen molar-refractivity contribution in [1.29, 1.82) is 0 Å². The maximum atomic E-state index is 12.4. The molecule has 0 atom stereocenters. The van der Waals surface area contributed by atoms with E-state index in [9.17, 15) is 4.79 Å². The predicted molar refractivity (Wildman–Crippen MR) is 106 cm³/mol. The Labute approximate surface area is 162 Å². The molecule has 1 aromatic heterocycles. The van der Waals surface area contributed by atoms with Crippen molar-refractivity contribution in [2.24, 2.45) is 0 Å². The first kappa shape index (κ1) is 18.0. The molecule has 0 spiro atoms. The summed E-state index contributed by atoms with van der Waals surface area (Å²) in [7, 11) is 0. The molecule has 1 amide bonds. The second kappa shape index (κ2) is 8.08. The Kier molecular flexibility index (Phi) is 5.38. The highest BCUT2D eigenvalue weighted by molar-refractivity contribution is 6.30. The zero-order valence-electron chi connectivity index (χ0n) is 14.9. The van der Waals surface area contributed by atoms with Crippen LogP contribution in [0.3, 0.4) is 0 Å². The minimum atomic E-state index is -0.0811. The summed E-state index contributed by atoms with van der Waals surface area (Å²) in [6, 6.07) is 13.2. The number of morpholine rings is 1. The second-order valence-electron chi connectivity index (χ2n) is 6.51. The number of nitrogens with zero attached hydrogens (tertiary/aromatic N) is 3. The van der Waals surface area contributed by atoms with Crippen LogP contribution in [0.2, 0.25) is 5.02 Å². The summed E-state index contributed by atoms with van der Waals surface area (Å²) in [6.07, 6.45) is 1.75. The first-order valence-electron chi connectivity index (χ1n) is 9.02. The van der Waals surface area contributed by atoms with Crippen LogP contribution in [0.25, 0.3) is 16.7 Å². The van der Waals surface area contributed by atoms with Gasteiger partial charge in [0.15, 0.2) is 0 Å². The Morgan fingerprint density at radius 1 is 1.19 bits per heavy atom. The van der Waals surface area contributed by atoms with Gasteiger partial charge in [-0.25, -0.2) is 4.98 Å². The van der Waals surface area contributed by atoms with E-state index in [1.165, 1.54) is 0 Å². The second-order valence-corrected chi connectivity index (χ2v) is 6.94. The standard InChI is InChI=1S/C20H21ClN4O2/c21-16-2-1-3-17(13-16)25-14-23-18-12-15(4-5-19(18)25)20(26)22-6-7-24-8-10-27-11-9-24/h1-5,12-14H,6-11H2,(H,22,26). The Bertz CT molecular complexity index is 950. The number of halogens is 1. The smallest absolute Gasteiger partial charge is 0.251 e. The van der Waals surface area contributed by atoms with Gasteiger partial charge in [0.2, 0.25) is 0 Å². The minimum absolute atomic E-state index is 0.0811. The fourth-order valence-electron chi connectivity index (χ4n) is 3.24. The van der Waals surface area contributed by atoms with Gasteiger partial charge in [0.05, 0.1) is 24.2 Å². The summed E-state index contributed by atoms with van der Waals surface area (Å²) in [5.41, 5.74) is 3.26. The maximum absolute atomic E-state index is 12.4. The lowest BCUT2D eigenvalue weighted by Crippen LogP contribution is -2.41. The summed E-state index contributed by atoms with van der Waals surface area (Å²) < 4.78 is 7.29. The van der Waals surface area contributed by atoms with E-state index in [0.29, 0.717) is 17.1 Å². The fraction of sp³-hybridized carbons (Fsp3) is 0.300. The van der Waals surface area contributed by atoms with Crippen molar-refractivity contribution in [3.63, 3.8) is 0 Å². The maximum Gasteiger partial charge on any atom is 0.251 e. The van der Waals surface area contributed by atoms with Crippen LogP contribution in [0.5, 0.6) is 0 Å². The number of benzene rings is 2. The average molecular weight is 385 g/mol. The SMILES string of the molecule is O=C(NCCN1CCOCC1)c1ccc2c(c1)ncn2-c1cccc(Cl)c1. The molecular weight excluding hydrogens is 364 g/mol. The highest BCUT2D eigenvalue weighted by Gasteiger charge is 2.12. The van der Waals surface area contributed by atoms with Crippen LogP contribution in [0.15, 0.2) is 48.8 Å². The molecular formula is C20H21ClN4O2. The van der Waals surface area contributed by atoms with Gasteiger partial charge in [0, 0.05) is 42.5 Å². The summed E-state index contributed by atoms with van der Waals surface area (Å²) in [5, 5.41) is 3.66. The molecule has 0 radical (unpaired) electrons. The van der Waals surface area contributed by atoms with Crippen LogP contribution in [-0.4, -0.2) is 59.8 Å². The molecule has 2 aromatic carbocycles. The molecule has 0 aliphatic carbocycles. The number of hydrogen-bond acceptors (Lipinski definition) is 4. The molecule has 0 saturated carbocycles. The van der Waals surface area contributed by atoms with E-state index in [1.54, 1.807) is 6.33 Å². The van der Waals surface area contributed by atoms with Gasteiger partial charge in [0.25, 0.3) is 5.91 Å². The van der Waals surface area contributed by atoms with Crippen LogP contribution >= 0.6 is 11.6 Å². The third-order valence-corrected chi connectivity index (χ3v) is 4.95. The molecule has 1 N–H and O–H groups in total. The van der Waals surface area contributed by atoms with Crippen molar-refractivity contribution in [3.8, 4) is 5.69 Å². The summed E-state index contributed by atoms with van der Waals surface area (Å²) in [5.74, 6) is -0.0811. The van der Waals surface area contributed by atoms with E-state index >= 15 is 0 Å². The van der Waals surface area contributed by atoms with E-state index in [0.717, 1.165) is 49.6 Å². The number of amides is 1. The van der Waals surface area contributed by atoms with Crippen molar-refractivity contribution in [1.82, 2.24) is 19.8 Å². The lowest BCUT2D eigenvalue weighted by molar-refractivity contribution is 0.0383. The van der Waals surface area contributed by atoms with E-state index in [1.807, 2.05) is 47.0 Å². The molecule has 0 unspecified atom stereocenters. The monoisotopic (exact) mass is 384 g/mol. The molecule has 1 aliphatic heterocycles. The quantitative estimate of drug-likeness (QED) is 0.734. The van der Waals surface area contributed by atoms with Gasteiger partial charge in [-0.05, 0) is 36.4 Å². The van der Waals surface area contributed by atoms with Crippen LogP contribution in [0.4, 0.5) is 0 Å². The normalized spacial score (nSPS) is 15.1. The number of fused-ring (bicyclic) bond motifs is 1. The van der Waals surface area contributed by atoms with Crippen molar-refractivity contribution >= 4 is 28.5 Å². The third-order valence-electron chi connectivity index (χ3n) is 4.71. The fourth-order valence-corrected chi connectivity index (χ4v) is 3.42. The number of hydrogen-bond donors (Lipinski definition) is 1. The van der Waals surface area contributed by atoms with Gasteiger partial charge in [-0.3, -0.25) is 14.3 Å². The lowest BCUT2D eigenvalue weighted by Gasteiger charge is -2.26. The van der Waals surface area contributed by atoms with Crippen molar-refractivity contribution in [3.05, 3.63) is 59.4 Å². The summed E-state index contributed by atoms with van der Waals surface area (Å²) in [6.45, 7) is 4.82. The zero-order valence-corrected chi connectivity index (χ0v) is 15.7. The average Bonchev–Trinajstić information content (AvgIpc) is 3.12. The molecule has 7 heteroatoms. The van der Waals surface area contributed by atoms with E-state index in [-0.39, 0.29) is 5.91 Å². The lowest BCUT2D eigenvalue weighted by atomic mass is 10.2. The Balaban J connectivity index is 1.44. The largest absolute Gasteiger partial charge is 0.379 e. The number of carbonyl (C=O) groups excluding carboxylic acids is 1. The molecule has 1 saturated heterocycles. The predicted octanol–water partition coefficient (Wildman–Crippen LogP) is 2.74. The van der Waals surface area contributed by atoms with Crippen LogP contribution in [-0.2, 0) is 4.74 Å². The van der Waals surface area contributed by atoms with Crippen LogP contribution in [0, 0.1) is 0 Å². The van der Waals surface area contributed by atoms with Gasteiger partial charge in [-0.15, -0.1) is 0 Å². The summed E-state index contributed by atoms with van der Waals surface area (Å²) >= 11 is 6.09. The number of ether oxygens (including phenoxy) is 1. The first-order valence-corrected chi connectivity index (χ1v) is 9.40. The summed E-state index contributed by atoms with van der Waals surface area (Å²) in [4.78, 5) is 19.2. The first-order chi connectivity index (χ1) is 13.2. The van der Waals surface area contributed by atoms with Gasteiger partial charge in [0.1, 0.15) is 6.33 Å². The molecule has 1 aliphatic rings. The number of rotatable bonds is 5. The van der Waals surface area contributed by atoms with E-state index in [2.05, 4.69) is 15.2 Å². The zero-order chi connectivity index (χ0) is 18.6. The van der Waals surface area contributed by atoms with Gasteiger partial charge < -0.3 is 10.1 Å². The van der Waals surface area contributed by atoms with E-state index < -0.39 is 0 Å². The molecule has 1 fully saturated rings. The topological polar surface area (TPSA) is 59.4 Å². The molecule has 0 bridgehead atoms. The van der Waals surface area contributed by atoms with Crippen LogP contribution in [0.1, 0.15) is 10.4 Å². The highest BCUT2D eigenvalue weighted by Crippen LogP contribution is 2.21.